The molecule has 0 radical (unpaired) electrons. The maximum atomic E-state index is 13.8. The van der Waals surface area contributed by atoms with E-state index in [1.165, 1.54) is 6.07 Å². The number of hydrogen-bond donors (Lipinski definition) is 0. The van der Waals surface area contributed by atoms with Crippen molar-refractivity contribution < 1.29 is 8.81 Å². The molecular formula is C16H12ClFN2O. The molecule has 0 amide bonds. The first kappa shape index (κ1) is 12.8. The number of aromatic nitrogens is 2. The highest BCUT2D eigenvalue weighted by Gasteiger charge is 2.28. The molecule has 4 rings (SSSR count). The molecule has 0 unspecified atom stereocenters. The summed E-state index contributed by atoms with van der Waals surface area (Å²) in [6.45, 7) is 1.85. The van der Waals surface area contributed by atoms with Gasteiger partial charge < -0.3 is 4.42 Å². The Morgan fingerprint density at radius 2 is 2.10 bits per heavy atom. The fraction of sp³-hybridized carbons (Fsp3) is 0.250. The molecule has 0 N–H and O–H groups in total. The number of nitrogens with zero attached hydrogens (tertiary/aromatic N) is 2. The fourth-order valence-electron chi connectivity index (χ4n) is 2.41. The topological polar surface area (TPSA) is 38.9 Å². The third-order valence-corrected chi connectivity index (χ3v) is 4.14. The van der Waals surface area contributed by atoms with Gasteiger partial charge in [-0.3, -0.25) is 0 Å². The van der Waals surface area contributed by atoms with E-state index < -0.39 is 0 Å². The first-order valence-corrected chi connectivity index (χ1v) is 7.24. The summed E-state index contributed by atoms with van der Waals surface area (Å²) in [7, 11) is 0. The summed E-state index contributed by atoms with van der Waals surface area (Å²) in [5.41, 5.74) is 1.64. The summed E-state index contributed by atoms with van der Waals surface area (Å²) in [4.78, 5) is 8.91. The summed E-state index contributed by atoms with van der Waals surface area (Å²) >= 11 is 6.20. The summed E-state index contributed by atoms with van der Waals surface area (Å²) < 4.78 is 19.4. The summed E-state index contributed by atoms with van der Waals surface area (Å²) in [6.07, 6.45) is 2.18. The molecule has 0 aliphatic heterocycles. The molecule has 1 aliphatic rings. The minimum atomic E-state index is -0.376. The molecule has 0 saturated heterocycles. The van der Waals surface area contributed by atoms with E-state index >= 15 is 0 Å². The second-order valence-corrected chi connectivity index (χ2v) is 5.75. The summed E-state index contributed by atoms with van der Waals surface area (Å²) in [5, 5.41) is 1.15. The zero-order chi connectivity index (χ0) is 14.6. The lowest BCUT2D eigenvalue weighted by molar-refractivity contribution is 0.567. The van der Waals surface area contributed by atoms with Gasteiger partial charge in [-0.15, -0.1) is 0 Å². The molecule has 0 atom stereocenters. The third kappa shape index (κ3) is 2.10. The molecule has 3 nitrogen and oxygen atoms in total. The van der Waals surface area contributed by atoms with Crippen LogP contribution in [0, 0.1) is 12.7 Å². The largest absolute Gasteiger partial charge is 0.451 e. The Morgan fingerprint density at radius 1 is 1.29 bits per heavy atom. The van der Waals surface area contributed by atoms with Gasteiger partial charge in [0.1, 0.15) is 16.7 Å². The van der Waals surface area contributed by atoms with Crippen LogP contribution in [0.5, 0.6) is 0 Å². The van der Waals surface area contributed by atoms with Crippen molar-refractivity contribution in [2.24, 2.45) is 0 Å². The van der Waals surface area contributed by atoms with Crippen molar-refractivity contribution in [1.82, 2.24) is 9.97 Å². The molecule has 1 aliphatic carbocycles. The molecule has 1 saturated carbocycles. The van der Waals surface area contributed by atoms with Gasteiger partial charge in [-0.1, -0.05) is 23.7 Å². The number of furan rings is 1. The van der Waals surface area contributed by atoms with E-state index in [1.54, 1.807) is 12.1 Å². The quantitative estimate of drug-likeness (QED) is 0.634. The maximum absolute atomic E-state index is 13.8. The van der Waals surface area contributed by atoms with Gasteiger partial charge in [0.05, 0.1) is 0 Å². The minimum absolute atomic E-state index is 0.245. The van der Waals surface area contributed by atoms with Gasteiger partial charge in [0.25, 0.3) is 0 Å². The zero-order valence-corrected chi connectivity index (χ0v) is 12.1. The molecule has 3 aromatic rings. The van der Waals surface area contributed by atoms with Gasteiger partial charge >= 0.3 is 0 Å². The standard InChI is InChI=1S/C16H12ClFN2O/c1-8-13(19-16(9-5-6-9)20-15(8)17)12-7-10-3-2-4-11(18)14(10)21-12/h2-4,7,9H,5-6H2,1H3. The predicted molar refractivity (Wildman–Crippen MR) is 78.9 cm³/mol. The second-order valence-electron chi connectivity index (χ2n) is 5.39. The minimum Gasteiger partial charge on any atom is -0.451 e. The summed E-state index contributed by atoms with van der Waals surface area (Å²) in [6, 6.07) is 6.64. The number of benzene rings is 1. The van der Waals surface area contributed by atoms with Crippen molar-refractivity contribution in [3.05, 3.63) is 46.6 Å². The number of hydrogen-bond acceptors (Lipinski definition) is 3. The smallest absolute Gasteiger partial charge is 0.170 e. The van der Waals surface area contributed by atoms with Crippen LogP contribution in [0.15, 0.2) is 28.7 Å². The van der Waals surface area contributed by atoms with Crippen LogP contribution in [0.1, 0.15) is 30.1 Å². The Hall–Kier alpha value is -1.94. The lowest BCUT2D eigenvalue weighted by Gasteiger charge is -2.06. The van der Waals surface area contributed by atoms with Crippen LogP contribution in [-0.2, 0) is 0 Å². The van der Waals surface area contributed by atoms with E-state index in [0.717, 1.165) is 24.2 Å². The Labute approximate surface area is 125 Å². The normalized spacial score (nSPS) is 14.8. The zero-order valence-electron chi connectivity index (χ0n) is 11.4. The molecule has 21 heavy (non-hydrogen) atoms. The second kappa shape index (κ2) is 4.53. The average Bonchev–Trinajstić information content (AvgIpc) is 3.21. The van der Waals surface area contributed by atoms with Crippen molar-refractivity contribution in [2.75, 3.05) is 0 Å². The van der Waals surface area contributed by atoms with Gasteiger partial charge in [-0.05, 0) is 31.9 Å². The Bertz CT molecular complexity index is 855. The lowest BCUT2D eigenvalue weighted by atomic mass is 10.2. The predicted octanol–water partition coefficient (Wildman–Crippen LogP) is 4.87. The maximum Gasteiger partial charge on any atom is 0.170 e. The van der Waals surface area contributed by atoms with Crippen LogP contribution in [0.25, 0.3) is 22.4 Å². The summed E-state index contributed by atoms with van der Waals surface area (Å²) in [5.74, 6) is 1.29. The van der Waals surface area contributed by atoms with E-state index in [1.807, 2.05) is 13.0 Å². The molecule has 0 spiro atoms. The fourth-order valence-corrected chi connectivity index (χ4v) is 2.59. The van der Waals surface area contributed by atoms with Crippen molar-refractivity contribution in [1.29, 1.82) is 0 Å². The average molecular weight is 303 g/mol. The first-order chi connectivity index (χ1) is 10.1. The van der Waals surface area contributed by atoms with E-state index in [0.29, 0.717) is 27.9 Å². The van der Waals surface area contributed by atoms with Crippen LogP contribution in [0.4, 0.5) is 4.39 Å². The van der Waals surface area contributed by atoms with Crippen molar-refractivity contribution in [2.45, 2.75) is 25.7 Å². The Morgan fingerprint density at radius 3 is 2.81 bits per heavy atom. The molecule has 0 bridgehead atoms. The molecular weight excluding hydrogens is 291 g/mol. The molecule has 106 valence electrons. The molecule has 1 fully saturated rings. The highest BCUT2D eigenvalue weighted by molar-refractivity contribution is 6.30. The van der Waals surface area contributed by atoms with Crippen LogP contribution < -0.4 is 0 Å². The number of halogens is 2. The van der Waals surface area contributed by atoms with E-state index in [9.17, 15) is 4.39 Å². The molecule has 2 heterocycles. The van der Waals surface area contributed by atoms with E-state index in [-0.39, 0.29) is 11.4 Å². The monoisotopic (exact) mass is 302 g/mol. The number of para-hydroxylation sites is 1. The van der Waals surface area contributed by atoms with E-state index in [4.69, 9.17) is 16.0 Å². The van der Waals surface area contributed by atoms with Crippen LogP contribution in [0.2, 0.25) is 5.15 Å². The van der Waals surface area contributed by atoms with Crippen molar-refractivity contribution >= 4 is 22.6 Å². The molecule has 1 aromatic carbocycles. The van der Waals surface area contributed by atoms with Crippen LogP contribution in [0.3, 0.4) is 0 Å². The van der Waals surface area contributed by atoms with Crippen LogP contribution >= 0.6 is 11.6 Å². The third-order valence-electron chi connectivity index (χ3n) is 3.78. The Balaban J connectivity index is 1.93. The van der Waals surface area contributed by atoms with Gasteiger partial charge in [-0.2, -0.15) is 0 Å². The van der Waals surface area contributed by atoms with Crippen molar-refractivity contribution in [3.8, 4) is 11.5 Å². The number of fused-ring (bicyclic) bond motifs is 1. The van der Waals surface area contributed by atoms with Gasteiger partial charge in [0.2, 0.25) is 0 Å². The van der Waals surface area contributed by atoms with Crippen LogP contribution in [-0.4, -0.2) is 9.97 Å². The Kier molecular flexibility index (Phi) is 2.76. The van der Waals surface area contributed by atoms with Gasteiger partial charge in [-0.25, -0.2) is 14.4 Å². The molecule has 5 heteroatoms. The lowest BCUT2D eigenvalue weighted by Crippen LogP contribution is -1.98. The SMILES string of the molecule is Cc1c(Cl)nc(C2CC2)nc1-c1cc2cccc(F)c2o1. The highest BCUT2D eigenvalue weighted by Crippen LogP contribution is 2.40. The molecule has 2 aromatic heterocycles. The van der Waals surface area contributed by atoms with E-state index in [2.05, 4.69) is 9.97 Å². The first-order valence-electron chi connectivity index (χ1n) is 6.86. The van der Waals surface area contributed by atoms with Crippen molar-refractivity contribution in [3.63, 3.8) is 0 Å². The highest BCUT2D eigenvalue weighted by atomic mass is 35.5. The van der Waals surface area contributed by atoms with Gasteiger partial charge in [0.15, 0.2) is 17.2 Å². The van der Waals surface area contributed by atoms with Gasteiger partial charge in [0, 0.05) is 16.9 Å². The number of rotatable bonds is 2.